The van der Waals surface area contributed by atoms with Crippen LogP contribution in [-0.2, 0) is 4.79 Å². The van der Waals surface area contributed by atoms with Crippen molar-refractivity contribution in [2.24, 2.45) is 0 Å². The van der Waals surface area contributed by atoms with Crippen molar-refractivity contribution in [3.63, 3.8) is 0 Å². The molecule has 9 heteroatoms. The molecule has 2 aromatic carbocycles. The molecule has 0 bridgehead atoms. The number of hydrogen-bond donors (Lipinski definition) is 0. The number of amides is 1. The number of benzene rings is 2. The van der Waals surface area contributed by atoms with Gasteiger partial charge >= 0.3 is 0 Å². The molecule has 0 saturated carbocycles. The summed E-state index contributed by atoms with van der Waals surface area (Å²) in [6.07, 6.45) is 5.73. The zero-order valence-corrected chi connectivity index (χ0v) is 20.0. The molecule has 0 radical (unpaired) electrons. The standard InChI is InChI=1S/C25H27N5O3S/c1-33-19-11-9-10-18(16-19)29-23(32)20-12-5-6-13-21(20)30-24(29)26-27-25(30)34-17-22(31)28-14-7-3-2-4-8-15-28/h5-6,9-13,16H,2-4,7-8,14-15,17H2,1H3. The van der Waals surface area contributed by atoms with Gasteiger partial charge in [0.25, 0.3) is 5.56 Å². The number of carbonyl (C=O) groups excluding carboxylic acids is 1. The van der Waals surface area contributed by atoms with Gasteiger partial charge in [0.15, 0.2) is 5.16 Å². The molecule has 1 fully saturated rings. The number of carbonyl (C=O) groups is 1. The van der Waals surface area contributed by atoms with Crippen LogP contribution in [0.3, 0.4) is 0 Å². The Morgan fingerprint density at radius 1 is 1.00 bits per heavy atom. The van der Waals surface area contributed by atoms with Crippen LogP contribution in [0.1, 0.15) is 32.1 Å². The molecule has 176 valence electrons. The SMILES string of the molecule is COc1cccc(-n2c(=O)c3ccccc3n3c(SCC(=O)N4CCCCCCC4)nnc23)c1. The molecular weight excluding hydrogens is 450 g/mol. The summed E-state index contributed by atoms with van der Waals surface area (Å²) in [4.78, 5) is 28.4. The average molecular weight is 478 g/mol. The predicted molar refractivity (Wildman–Crippen MR) is 133 cm³/mol. The van der Waals surface area contributed by atoms with E-state index in [-0.39, 0.29) is 17.2 Å². The van der Waals surface area contributed by atoms with E-state index in [1.54, 1.807) is 23.8 Å². The summed E-state index contributed by atoms with van der Waals surface area (Å²) in [7, 11) is 1.59. The first kappa shape index (κ1) is 22.5. The minimum absolute atomic E-state index is 0.120. The Labute approximate surface area is 201 Å². The smallest absolute Gasteiger partial charge is 0.267 e. The highest BCUT2D eigenvalue weighted by Crippen LogP contribution is 2.25. The lowest BCUT2D eigenvalue weighted by atomic mass is 10.1. The van der Waals surface area contributed by atoms with Crippen LogP contribution in [-0.4, -0.2) is 55.9 Å². The number of para-hydroxylation sites is 1. The summed E-state index contributed by atoms with van der Waals surface area (Å²) >= 11 is 1.36. The quantitative estimate of drug-likeness (QED) is 0.405. The maximum absolute atomic E-state index is 13.5. The van der Waals surface area contributed by atoms with Crippen LogP contribution in [0.5, 0.6) is 5.75 Å². The summed E-state index contributed by atoms with van der Waals surface area (Å²) < 4.78 is 8.76. The zero-order chi connectivity index (χ0) is 23.5. The minimum atomic E-state index is -0.183. The molecule has 3 heterocycles. The number of methoxy groups -OCH3 is 1. The fourth-order valence-corrected chi connectivity index (χ4v) is 5.31. The van der Waals surface area contributed by atoms with E-state index in [2.05, 4.69) is 10.2 Å². The van der Waals surface area contributed by atoms with Crippen LogP contribution in [0.25, 0.3) is 22.4 Å². The first-order chi connectivity index (χ1) is 16.7. The van der Waals surface area contributed by atoms with Crippen molar-refractivity contribution in [1.82, 2.24) is 24.1 Å². The van der Waals surface area contributed by atoms with E-state index >= 15 is 0 Å². The second kappa shape index (κ2) is 9.89. The highest BCUT2D eigenvalue weighted by Gasteiger charge is 2.20. The van der Waals surface area contributed by atoms with E-state index in [1.807, 2.05) is 45.7 Å². The summed E-state index contributed by atoms with van der Waals surface area (Å²) in [6, 6.07) is 14.7. The number of hydrogen-bond acceptors (Lipinski definition) is 6. The highest BCUT2D eigenvalue weighted by molar-refractivity contribution is 7.99. The Hall–Kier alpha value is -3.33. The van der Waals surface area contributed by atoms with Crippen molar-refractivity contribution >= 4 is 34.3 Å². The van der Waals surface area contributed by atoms with Gasteiger partial charge in [0, 0.05) is 19.2 Å². The van der Waals surface area contributed by atoms with E-state index < -0.39 is 0 Å². The summed E-state index contributed by atoms with van der Waals surface area (Å²) in [6.45, 7) is 1.64. The summed E-state index contributed by atoms with van der Waals surface area (Å²) in [5, 5.41) is 9.89. The third kappa shape index (κ3) is 4.27. The molecule has 5 rings (SSSR count). The minimum Gasteiger partial charge on any atom is -0.497 e. The van der Waals surface area contributed by atoms with Crippen molar-refractivity contribution < 1.29 is 9.53 Å². The lowest BCUT2D eigenvalue weighted by Gasteiger charge is -2.24. The molecule has 1 aliphatic heterocycles. The molecule has 4 aromatic rings. The Morgan fingerprint density at radius 3 is 2.56 bits per heavy atom. The maximum atomic E-state index is 13.5. The van der Waals surface area contributed by atoms with Gasteiger partial charge in [0.05, 0.1) is 29.5 Å². The van der Waals surface area contributed by atoms with Gasteiger partial charge in [0.2, 0.25) is 11.7 Å². The number of rotatable bonds is 5. The van der Waals surface area contributed by atoms with Crippen molar-refractivity contribution in [2.45, 2.75) is 37.3 Å². The molecule has 0 aliphatic carbocycles. The van der Waals surface area contributed by atoms with Gasteiger partial charge in [-0.25, -0.2) is 4.57 Å². The van der Waals surface area contributed by atoms with Gasteiger partial charge in [0.1, 0.15) is 5.75 Å². The first-order valence-electron chi connectivity index (χ1n) is 11.6. The second-order valence-electron chi connectivity index (χ2n) is 8.41. The van der Waals surface area contributed by atoms with E-state index in [4.69, 9.17) is 4.74 Å². The van der Waals surface area contributed by atoms with Crippen molar-refractivity contribution in [2.75, 3.05) is 26.0 Å². The van der Waals surface area contributed by atoms with E-state index in [9.17, 15) is 9.59 Å². The zero-order valence-electron chi connectivity index (χ0n) is 19.1. The Balaban J connectivity index is 1.55. The molecule has 0 atom stereocenters. The number of likely N-dealkylation sites (tertiary alicyclic amines) is 1. The topological polar surface area (TPSA) is 81.7 Å². The molecule has 2 aromatic heterocycles. The van der Waals surface area contributed by atoms with Crippen molar-refractivity contribution in [3.05, 3.63) is 58.9 Å². The molecule has 34 heavy (non-hydrogen) atoms. The Bertz CT molecular complexity index is 1390. The van der Waals surface area contributed by atoms with Gasteiger partial charge in [-0.1, -0.05) is 49.2 Å². The fraction of sp³-hybridized carbons (Fsp3) is 0.360. The van der Waals surface area contributed by atoms with Gasteiger partial charge < -0.3 is 9.64 Å². The van der Waals surface area contributed by atoms with Crippen molar-refractivity contribution in [3.8, 4) is 11.4 Å². The highest BCUT2D eigenvalue weighted by atomic mass is 32.2. The normalized spacial score (nSPS) is 14.8. The number of ether oxygens (including phenoxy) is 1. The molecule has 0 N–H and O–H groups in total. The van der Waals surface area contributed by atoms with Crippen molar-refractivity contribution in [1.29, 1.82) is 0 Å². The third-order valence-corrected chi connectivity index (χ3v) is 7.15. The first-order valence-corrected chi connectivity index (χ1v) is 12.6. The van der Waals surface area contributed by atoms with Gasteiger partial charge in [-0.2, -0.15) is 0 Å². The van der Waals surface area contributed by atoms with Crippen LogP contribution < -0.4 is 10.3 Å². The van der Waals surface area contributed by atoms with E-state index in [1.165, 1.54) is 31.0 Å². The molecular formula is C25H27N5O3S. The molecule has 0 spiro atoms. The predicted octanol–water partition coefficient (Wildman–Crippen LogP) is 3.93. The number of thioether (sulfide) groups is 1. The van der Waals surface area contributed by atoms with E-state index in [0.717, 1.165) is 25.9 Å². The molecule has 1 amide bonds. The largest absolute Gasteiger partial charge is 0.497 e. The number of aromatic nitrogens is 4. The maximum Gasteiger partial charge on any atom is 0.267 e. The number of fused-ring (bicyclic) bond motifs is 3. The van der Waals surface area contributed by atoms with Crippen LogP contribution in [0.4, 0.5) is 0 Å². The third-order valence-electron chi connectivity index (χ3n) is 6.24. The Morgan fingerprint density at radius 2 is 1.76 bits per heavy atom. The van der Waals surface area contributed by atoms with Crippen LogP contribution in [0.2, 0.25) is 0 Å². The van der Waals surface area contributed by atoms with Crippen LogP contribution in [0, 0.1) is 0 Å². The van der Waals surface area contributed by atoms with Gasteiger partial charge in [-0.15, -0.1) is 10.2 Å². The summed E-state index contributed by atoms with van der Waals surface area (Å²) in [5.74, 6) is 1.45. The lowest BCUT2D eigenvalue weighted by molar-refractivity contribution is -0.128. The van der Waals surface area contributed by atoms with Gasteiger partial charge in [-0.05, 0) is 37.1 Å². The molecule has 8 nitrogen and oxygen atoms in total. The Kier molecular flexibility index (Phi) is 6.53. The lowest BCUT2D eigenvalue weighted by Crippen LogP contribution is -2.35. The number of nitrogens with zero attached hydrogens (tertiary/aromatic N) is 5. The fourth-order valence-electron chi connectivity index (χ4n) is 4.47. The van der Waals surface area contributed by atoms with E-state index in [0.29, 0.717) is 33.3 Å². The molecule has 1 saturated heterocycles. The monoisotopic (exact) mass is 477 g/mol. The summed E-state index contributed by atoms with van der Waals surface area (Å²) in [5.41, 5.74) is 1.17. The average Bonchev–Trinajstić information content (AvgIpc) is 3.26. The second-order valence-corrected chi connectivity index (χ2v) is 9.36. The molecule has 1 aliphatic rings. The van der Waals surface area contributed by atoms with Crippen LogP contribution in [0.15, 0.2) is 58.5 Å². The van der Waals surface area contributed by atoms with Crippen LogP contribution >= 0.6 is 11.8 Å². The van der Waals surface area contributed by atoms with Gasteiger partial charge in [-0.3, -0.25) is 14.0 Å². The molecule has 0 unspecified atom stereocenters.